The summed E-state index contributed by atoms with van der Waals surface area (Å²) in [6.07, 6.45) is 5.68. The number of fused-ring (bicyclic) bond motifs is 4. The molecule has 34 heavy (non-hydrogen) atoms. The number of hydrogen-bond acceptors (Lipinski definition) is 9. The largest absolute Gasteiger partial charge is 0.479 e. The molecule has 4 aromatic heterocycles. The number of carbonyl (C=O) groups excluding carboxylic acids is 1. The molecule has 6 rings (SSSR count). The Morgan fingerprint density at radius 1 is 1.38 bits per heavy atom. The third kappa shape index (κ3) is 3.55. The fourth-order valence-corrected chi connectivity index (χ4v) is 6.21. The average Bonchev–Trinajstić information content (AvgIpc) is 3.47. The molecule has 1 aliphatic carbocycles. The summed E-state index contributed by atoms with van der Waals surface area (Å²) in [5.41, 5.74) is 2.61. The van der Waals surface area contributed by atoms with Crippen molar-refractivity contribution in [2.75, 3.05) is 32.2 Å². The lowest BCUT2D eigenvalue weighted by atomic mass is 9.86. The molecule has 1 fully saturated rings. The minimum atomic E-state index is -0.00160. The lowest BCUT2D eigenvalue weighted by molar-refractivity contribution is -0.143. The number of aryl methyl sites for hydroxylation is 1. The second kappa shape index (κ2) is 8.48. The number of carbonyl (C=O) groups is 1. The zero-order valence-electron chi connectivity index (χ0n) is 19.0. The van der Waals surface area contributed by atoms with Gasteiger partial charge >= 0.3 is 0 Å². The van der Waals surface area contributed by atoms with Gasteiger partial charge in [-0.25, -0.2) is 9.97 Å². The van der Waals surface area contributed by atoms with Gasteiger partial charge in [-0.2, -0.15) is 10.1 Å². The molecule has 1 aliphatic heterocycles. The van der Waals surface area contributed by atoms with Crippen LogP contribution in [0.3, 0.4) is 0 Å². The molecule has 0 radical (unpaired) electrons. The van der Waals surface area contributed by atoms with E-state index in [9.17, 15) is 4.79 Å². The topological polar surface area (TPSA) is 118 Å². The number of nitrogens with one attached hydrogen (secondary N) is 2. The van der Waals surface area contributed by atoms with Crippen LogP contribution in [0.15, 0.2) is 18.6 Å². The third-order valence-electron chi connectivity index (χ3n) is 6.68. The Bertz CT molecular complexity index is 1380. The maximum absolute atomic E-state index is 13.3. The Hall–Kier alpha value is -3.31. The van der Waals surface area contributed by atoms with E-state index < -0.39 is 0 Å². The monoisotopic (exact) mass is 479 g/mol. The van der Waals surface area contributed by atoms with Crippen LogP contribution in [0.5, 0.6) is 5.88 Å². The van der Waals surface area contributed by atoms with Crippen molar-refractivity contribution < 1.29 is 14.3 Å². The van der Waals surface area contributed by atoms with Gasteiger partial charge in [0.1, 0.15) is 22.7 Å². The Balaban J connectivity index is 1.32. The average molecular weight is 480 g/mol. The quantitative estimate of drug-likeness (QED) is 0.459. The summed E-state index contributed by atoms with van der Waals surface area (Å²) >= 11 is 1.66. The highest BCUT2D eigenvalue weighted by Crippen LogP contribution is 2.41. The smallest absolute Gasteiger partial charge is 0.239 e. The fraction of sp³-hybridized carbons (Fsp3) is 0.435. The zero-order valence-corrected chi connectivity index (χ0v) is 19.8. The van der Waals surface area contributed by atoms with Crippen molar-refractivity contribution in [3.8, 4) is 5.88 Å². The van der Waals surface area contributed by atoms with Crippen LogP contribution in [-0.2, 0) is 22.4 Å². The van der Waals surface area contributed by atoms with Crippen molar-refractivity contribution >= 4 is 50.0 Å². The summed E-state index contributed by atoms with van der Waals surface area (Å²) in [5.74, 6) is 1.42. The highest BCUT2D eigenvalue weighted by molar-refractivity contribution is 7.19. The second-order valence-corrected chi connectivity index (χ2v) is 9.86. The van der Waals surface area contributed by atoms with Crippen LogP contribution in [-0.4, -0.2) is 68.9 Å². The van der Waals surface area contributed by atoms with Gasteiger partial charge in [0, 0.05) is 22.7 Å². The van der Waals surface area contributed by atoms with Gasteiger partial charge in [-0.1, -0.05) is 0 Å². The van der Waals surface area contributed by atoms with Crippen LogP contribution >= 0.6 is 11.3 Å². The number of amides is 1. The molecule has 0 aromatic carbocycles. The van der Waals surface area contributed by atoms with Crippen LogP contribution in [0.2, 0.25) is 0 Å². The molecule has 10 nitrogen and oxygen atoms in total. The second-order valence-electron chi connectivity index (χ2n) is 8.78. The Morgan fingerprint density at radius 3 is 3.15 bits per heavy atom. The molecule has 2 N–H and O–H groups in total. The number of rotatable bonds is 4. The Kier molecular flexibility index (Phi) is 5.30. The van der Waals surface area contributed by atoms with Crippen molar-refractivity contribution in [3.63, 3.8) is 0 Å². The van der Waals surface area contributed by atoms with E-state index in [1.807, 2.05) is 11.0 Å². The molecule has 2 aliphatic rings. The van der Waals surface area contributed by atoms with Gasteiger partial charge in [0.25, 0.3) is 0 Å². The number of morpholine rings is 1. The number of ether oxygens (including phenoxy) is 2. The minimum Gasteiger partial charge on any atom is -0.479 e. The van der Waals surface area contributed by atoms with Gasteiger partial charge < -0.3 is 19.7 Å². The molecular formula is C23H25N7O3S. The molecule has 1 saturated heterocycles. The van der Waals surface area contributed by atoms with Crippen LogP contribution in [0.25, 0.3) is 21.3 Å². The third-order valence-corrected chi connectivity index (χ3v) is 7.85. The number of hydrogen-bond donors (Lipinski definition) is 2. The number of thiophene rings is 1. The van der Waals surface area contributed by atoms with E-state index in [1.54, 1.807) is 31.0 Å². The highest BCUT2D eigenvalue weighted by Gasteiger charge is 2.34. The van der Waals surface area contributed by atoms with Gasteiger partial charge in [-0.15, -0.1) is 11.3 Å². The van der Waals surface area contributed by atoms with E-state index >= 15 is 0 Å². The first-order valence-corrected chi connectivity index (χ1v) is 12.2. The van der Waals surface area contributed by atoms with Crippen molar-refractivity contribution in [1.82, 2.24) is 30.0 Å². The van der Waals surface area contributed by atoms with Crippen molar-refractivity contribution in [1.29, 1.82) is 0 Å². The minimum absolute atomic E-state index is 0.00160. The number of nitrogens with zero attached hydrogens (tertiary/aromatic N) is 5. The molecular weight excluding hydrogens is 454 g/mol. The van der Waals surface area contributed by atoms with E-state index in [-0.39, 0.29) is 17.9 Å². The summed E-state index contributed by atoms with van der Waals surface area (Å²) in [5, 5.41) is 12.2. The SMILES string of the molecule is COc1nc2[nH]ncc2cc1Nc1ncnc2sc3c(c12)CCC(C(=O)N1CCOCC1C)C3. The van der Waals surface area contributed by atoms with Crippen LogP contribution in [0.1, 0.15) is 23.8 Å². The summed E-state index contributed by atoms with van der Waals surface area (Å²) in [7, 11) is 1.59. The van der Waals surface area contributed by atoms with Crippen molar-refractivity contribution in [2.45, 2.75) is 32.2 Å². The Labute approximate surface area is 199 Å². The van der Waals surface area contributed by atoms with E-state index in [0.29, 0.717) is 37.0 Å². The maximum Gasteiger partial charge on any atom is 0.239 e. The first kappa shape index (κ1) is 21.2. The predicted molar refractivity (Wildman–Crippen MR) is 129 cm³/mol. The molecule has 2 atom stereocenters. The number of pyridine rings is 1. The molecule has 1 amide bonds. The van der Waals surface area contributed by atoms with Gasteiger partial charge in [-0.05, 0) is 37.8 Å². The molecule has 0 saturated carbocycles. The molecule has 2 unspecified atom stereocenters. The predicted octanol–water partition coefficient (Wildman–Crippen LogP) is 3.07. The van der Waals surface area contributed by atoms with Gasteiger partial charge in [0.2, 0.25) is 11.8 Å². The molecule has 0 bridgehead atoms. The Morgan fingerprint density at radius 2 is 2.29 bits per heavy atom. The summed E-state index contributed by atoms with van der Waals surface area (Å²) < 4.78 is 11.0. The number of aromatic amines is 1. The first-order chi connectivity index (χ1) is 16.6. The lowest BCUT2D eigenvalue weighted by Crippen LogP contribution is -2.50. The fourth-order valence-electron chi connectivity index (χ4n) is 4.94. The lowest BCUT2D eigenvalue weighted by Gasteiger charge is -2.36. The van der Waals surface area contributed by atoms with E-state index in [2.05, 4.69) is 37.4 Å². The molecule has 4 aromatic rings. The molecule has 176 valence electrons. The molecule has 5 heterocycles. The molecule has 0 spiro atoms. The van der Waals surface area contributed by atoms with Crippen molar-refractivity contribution in [2.24, 2.45) is 5.92 Å². The van der Waals surface area contributed by atoms with Gasteiger partial charge in [0.05, 0.1) is 37.9 Å². The van der Waals surface area contributed by atoms with Gasteiger partial charge in [0.15, 0.2) is 5.65 Å². The highest BCUT2D eigenvalue weighted by atomic mass is 32.1. The summed E-state index contributed by atoms with van der Waals surface area (Å²) in [6.45, 7) is 3.96. The summed E-state index contributed by atoms with van der Waals surface area (Å²) in [4.78, 5) is 31.0. The standard InChI is InChI=1S/C23H25N7O3S/c1-12-10-33-6-5-30(12)23(31)13-3-4-15-17(8-13)34-22-18(15)20(24-11-25-22)27-16-7-14-9-26-29-19(14)28-21(16)32-2/h7,9,11-13H,3-6,8,10H2,1-2H3,(H,24,25,27)(H,26,28,29). The number of aromatic nitrogens is 5. The number of methoxy groups -OCH3 is 1. The normalized spacial score (nSPS) is 20.5. The van der Waals surface area contributed by atoms with Crippen LogP contribution < -0.4 is 10.1 Å². The van der Waals surface area contributed by atoms with E-state index in [4.69, 9.17) is 9.47 Å². The van der Waals surface area contributed by atoms with Crippen LogP contribution in [0.4, 0.5) is 11.5 Å². The number of H-pyrrole nitrogens is 1. The van der Waals surface area contributed by atoms with Gasteiger partial charge in [-0.3, -0.25) is 9.89 Å². The van der Waals surface area contributed by atoms with Crippen molar-refractivity contribution in [3.05, 3.63) is 29.0 Å². The maximum atomic E-state index is 13.3. The van der Waals surface area contributed by atoms with E-state index in [0.717, 1.165) is 40.7 Å². The molecule has 11 heteroatoms. The van der Waals surface area contributed by atoms with Crippen LogP contribution in [0, 0.1) is 5.92 Å². The van der Waals surface area contributed by atoms with E-state index in [1.165, 1.54) is 10.4 Å². The number of anilines is 2. The zero-order chi connectivity index (χ0) is 23.2. The summed E-state index contributed by atoms with van der Waals surface area (Å²) in [6, 6.07) is 2.07. The first-order valence-electron chi connectivity index (χ1n) is 11.4.